The zero-order chi connectivity index (χ0) is 10.9. The average Bonchev–Trinajstić information content (AvgIpc) is 2.41. The van der Waals surface area contributed by atoms with Gasteiger partial charge in [-0.3, -0.25) is 19.6 Å². The van der Waals surface area contributed by atoms with Gasteiger partial charge >= 0.3 is 5.69 Å². The molecule has 1 aromatic rings. The molecule has 1 rings (SSSR count). The van der Waals surface area contributed by atoms with E-state index in [4.69, 9.17) is 5.73 Å². The van der Waals surface area contributed by atoms with Gasteiger partial charge in [0.15, 0.2) is 0 Å². The molecule has 2 N–H and O–H groups in total. The van der Waals surface area contributed by atoms with E-state index in [1.807, 2.05) is 0 Å². The molecule has 1 amide bonds. The van der Waals surface area contributed by atoms with E-state index in [1.54, 1.807) is 6.92 Å². The van der Waals surface area contributed by atoms with Gasteiger partial charge in [0.2, 0.25) is 5.69 Å². The summed E-state index contributed by atoms with van der Waals surface area (Å²) in [6, 6.07) is 0. The maximum atomic E-state index is 10.9. The summed E-state index contributed by atoms with van der Waals surface area (Å²) in [5.41, 5.74) is 4.84. The lowest BCUT2D eigenvalue weighted by atomic mass is 10.2. The van der Waals surface area contributed by atoms with Gasteiger partial charge in [-0.25, -0.2) is 0 Å². The number of amides is 1. The van der Waals surface area contributed by atoms with E-state index in [9.17, 15) is 14.9 Å². The van der Waals surface area contributed by atoms with Crippen molar-refractivity contribution in [3.05, 3.63) is 21.5 Å². The largest absolute Gasteiger partial charge is 0.364 e. The molecule has 0 aliphatic rings. The van der Waals surface area contributed by atoms with E-state index in [2.05, 4.69) is 5.10 Å². The Balaban J connectivity index is 3.46. The second-order valence-electron chi connectivity index (χ2n) is 2.74. The van der Waals surface area contributed by atoms with Crippen molar-refractivity contribution in [2.45, 2.75) is 13.3 Å². The molecule has 14 heavy (non-hydrogen) atoms. The molecule has 0 spiro atoms. The Kier molecular flexibility index (Phi) is 2.50. The van der Waals surface area contributed by atoms with Crippen LogP contribution in [-0.4, -0.2) is 20.6 Å². The number of rotatable bonds is 3. The second kappa shape index (κ2) is 3.44. The smallest absolute Gasteiger partial charge is 0.323 e. The number of hydrogen-bond acceptors (Lipinski definition) is 4. The van der Waals surface area contributed by atoms with Crippen molar-refractivity contribution in [1.82, 2.24) is 9.78 Å². The van der Waals surface area contributed by atoms with Gasteiger partial charge in [-0.05, 0) is 6.42 Å². The number of hydrogen-bond donors (Lipinski definition) is 1. The molecule has 0 fully saturated rings. The predicted molar refractivity (Wildman–Crippen MR) is 47.8 cm³/mol. The first-order valence-corrected chi connectivity index (χ1v) is 3.99. The van der Waals surface area contributed by atoms with Gasteiger partial charge in [0.25, 0.3) is 5.91 Å². The summed E-state index contributed by atoms with van der Waals surface area (Å²) in [6.45, 7) is 1.72. The number of aryl methyl sites for hydroxylation is 2. The number of carbonyl (C=O) groups is 1. The maximum absolute atomic E-state index is 10.9. The molecule has 0 radical (unpaired) electrons. The molecule has 1 aromatic heterocycles. The zero-order valence-corrected chi connectivity index (χ0v) is 7.85. The number of aromatic nitrogens is 2. The summed E-state index contributed by atoms with van der Waals surface area (Å²) in [5.74, 6) is -0.841. The van der Waals surface area contributed by atoms with Gasteiger partial charge in [-0.1, -0.05) is 6.92 Å². The van der Waals surface area contributed by atoms with Crippen molar-refractivity contribution in [3.8, 4) is 0 Å². The van der Waals surface area contributed by atoms with Crippen molar-refractivity contribution in [1.29, 1.82) is 0 Å². The topological polar surface area (TPSA) is 104 Å². The Morgan fingerprint density at radius 2 is 2.29 bits per heavy atom. The first-order chi connectivity index (χ1) is 6.49. The molecule has 0 unspecified atom stereocenters. The Morgan fingerprint density at radius 1 is 1.71 bits per heavy atom. The van der Waals surface area contributed by atoms with Gasteiger partial charge in [-0.15, -0.1) is 0 Å². The second-order valence-corrected chi connectivity index (χ2v) is 2.74. The molecule has 0 aromatic carbocycles. The van der Waals surface area contributed by atoms with Crippen molar-refractivity contribution in [2.75, 3.05) is 0 Å². The van der Waals surface area contributed by atoms with Crippen LogP contribution in [0.3, 0.4) is 0 Å². The van der Waals surface area contributed by atoms with Gasteiger partial charge < -0.3 is 5.73 Å². The summed E-state index contributed by atoms with van der Waals surface area (Å²) in [6.07, 6.45) is 0.386. The van der Waals surface area contributed by atoms with Crippen molar-refractivity contribution in [3.63, 3.8) is 0 Å². The lowest BCUT2D eigenvalue weighted by molar-refractivity contribution is -0.385. The molecule has 0 saturated heterocycles. The number of primary amides is 1. The summed E-state index contributed by atoms with van der Waals surface area (Å²) in [5, 5.41) is 14.5. The minimum Gasteiger partial charge on any atom is -0.364 e. The zero-order valence-electron chi connectivity index (χ0n) is 7.85. The first kappa shape index (κ1) is 10.2. The number of nitrogens with zero attached hydrogens (tertiary/aromatic N) is 3. The van der Waals surface area contributed by atoms with E-state index < -0.39 is 10.8 Å². The molecule has 7 heteroatoms. The molecule has 7 nitrogen and oxygen atoms in total. The van der Waals surface area contributed by atoms with Crippen LogP contribution in [-0.2, 0) is 13.5 Å². The highest BCUT2D eigenvalue weighted by atomic mass is 16.6. The van der Waals surface area contributed by atoms with Gasteiger partial charge in [0.05, 0.1) is 4.92 Å². The molecule has 0 aliphatic heterocycles. The predicted octanol–water partition coefficient (Wildman–Crippen LogP) is -0.0104. The monoisotopic (exact) mass is 198 g/mol. The van der Waals surface area contributed by atoms with Gasteiger partial charge in [0.1, 0.15) is 5.69 Å². The van der Waals surface area contributed by atoms with Crippen LogP contribution in [0.1, 0.15) is 23.1 Å². The van der Waals surface area contributed by atoms with Crippen LogP contribution in [0.2, 0.25) is 0 Å². The fourth-order valence-corrected chi connectivity index (χ4v) is 1.27. The number of carbonyl (C=O) groups excluding carboxylic acids is 1. The third-order valence-corrected chi connectivity index (χ3v) is 1.84. The molecule has 0 aliphatic carbocycles. The molecule has 0 saturated carbocycles. The third-order valence-electron chi connectivity index (χ3n) is 1.84. The molecule has 76 valence electrons. The minimum atomic E-state index is -0.841. The van der Waals surface area contributed by atoms with Gasteiger partial charge in [-0.2, -0.15) is 5.10 Å². The van der Waals surface area contributed by atoms with E-state index in [0.29, 0.717) is 6.42 Å². The van der Waals surface area contributed by atoms with E-state index in [1.165, 1.54) is 7.05 Å². The molecular formula is C7H10N4O3. The van der Waals surface area contributed by atoms with Crippen molar-refractivity contribution < 1.29 is 9.72 Å². The Labute approximate surface area is 79.7 Å². The van der Waals surface area contributed by atoms with Crippen LogP contribution in [0.5, 0.6) is 0 Å². The highest BCUT2D eigenvalue weighted by Crippen LogP contribution is 2.22. The van der Waals surface area contributed by atoms with E-state index >= 15 is 0 Å². The van der Waals surface area contributed by atoms with Crippen LogP contribution in [0.15, 0.2) is 0 Å². The summed E-state index contributed by atoms with van der Waals surface area (Å²) < 4.78 is 1.14. The van der Waals surface area contributed by atoms with Crippen molar-refractivity contribution in [2.24, 2.45) is 12.8 Å². The van der Waals surface area contributed by atoms with Crippen LogP contribution >= 0.6 is 0 Å². The fraction of sp³-hybridized carbons (Fsp3) is 0.429. The first-order valence-electron chi connectivity index (χ1n) is 3.99. The Hall–Kier alpha value is -1.92. The normalized spacial score (nSPS) is 10.1. The Bertz CT molecular complexity index is 396. The summed E-state index contributed by atoms with van der Waals surface area (Å²) >= 11 is 0. The Morgan fingerprint density at radius 3 is 2.64 bits per heavy atom. The number of nitro groups is 1. The summed E-state index contributed by atoms with van der Waals surface area (Å²) in [4.78, 5) is 21.0. The lowest BCUT2D eigenvalue weighted by Crippen LogP contribution is -2.17. The minimum absolute atomic E-state index is 0.160. The summed E-state index contributed by atoms with van der Waals surface area (Å²) in [7, 11) is 1.45. The van der Waals surface area contributed by atoms with E-state index in [-0.39, 0.29) is 17.1 Å². The molecule has 0 bridgehead atoms. The highest BCUT2D eigenvalue weighted by molar-refractivity contribution is 5.95. The highest BCUT2D eigenvalue weighted by Gasteiger charge is 2.28. The van der Waals surface area contributed by atoms with Crippen LogP contribution < -0.4 is 5.73 Å². The van der Waals surface area contributed by atoms with Crippen LogP contribution in [0.25, 0.3) is 0 Å². The maximum Gasteiger partial charge on any atom is 0.323 e. The van der Waals surface area contributed by atoms with Crippen LogP contribution in [0.4, 0.5) is 5.69 Å². The quantitative estimate of drug-likeness (QED) is 0.544. The molecule has 0 atom stereocenters. The third kappa shape index (κ3) is 1.43. The standard InChI is InChI=1S/C7H10N4O3/c1-3-4-5(11(13)14)6(7(8)12)10(2)9-4/h3H2,1-2H3,(H2,8,12). The fourth-order valence-electron chi connectivity index (χ4n) is 1.27. The number of nitrogens with two attached hydrogens (primary N) is 1. The SMILES string of the molecule is CCc1nn(C)c(C(N)=O)c1[N+](=O)[O-]. The molecule has 1 heterocycles. The van der Waals surface area contributed by atoms with Crippen LogP contribution in [0, 0.1) is 10.1 Å². The van der Waals surface area contributed by atoms with E-state index in [0.717, 1.165) is 4.68 Å². The van der Waals surface area contributed by atoms with Gasteiger partial charge in [0, 0.05) is 7.05 Å². The molecular weight excluding hydrogens is 188 g/mol. The van der Waals surface area contributed by atoms with Crippen molar-refractivity contribution >= 4 is 11.6 Å². The lowest BCUT2D eigenvalue weighted by Gasteiger charge is -1.94. The average molecular weight is 198 g/mol.